The van der Waals surface area contributed by atoms with Crippen molar-refractivity contribution in [3.8, 4) is 0 Å². The van der Waals surface area contributed by atoms with Gasteiger partial charge in [0.05, 0.1) is 6.10 Å². The summed E-state index contributed by atoms with van der Waals surface area (Å²) in [5.41, 5.74) is 2.19. The minimum atomic E-state index is -0.196. The van der Waals surface area contributed by atoms with E-state index in [1.54, 1.807) is 0 Å². The third-order valence-electron chi connectivity index (χ3n) is 4.84. The Morgan fingerprint density at radius 2 is 1.88 bits per heavy atom. The molecule has 5 nitrogen and oxygen atoms in total. The Morgan fingerprint density at radius 3 is 2.50 bits per heavy atom. The number of nitrogens with one attached hydrogen (secondary N) is 2. The quantitative estimate of drug-likeness (QED) is 0.750. The molecule has 1 aliphatic rings. The number of hydrogen-bond acceptors (Lipinski definition) is 3. The van der Waals surface area contributed by atoms with E-state index in [4.69, 9.17) is 0 Å². The fraction of sp³-hybridized carbons (Fsp3) is 0.632. The largest absolute Gasteiger partial charge is 0.393 e. The first kappa shape index (κ1) is 18.7. The Labute approximate surface area is 145 Å². The standard InChI is InChI=1S/C19H31N3O2/c1-4-19(2,3)21-18(24)20-13-15-7-5-6-8-16(15)14-22-11-9-17(23)10-12-22/h5-8,17,23H,4,9-14H2,1-3H3,(H2,20,21,24). The minimum absolute atomic E-state index is 0.127. The number of piperidine rings is 1. The van der Waals surface area contributed by atoms with Crippen molar-refractivity contribution in [2.45, 2.75) is 64.8 Å². The first-order valence-electron chi connectivity index (χ1n) is 8.93. The SMILES string of the molecule is CCC(C)(C)NC(=O)NCc1ccccc1CN1CCC(O)CC1. The van der Waals surface area contributed by atoms with Crippen molar-refractivity contribution in [1.82, 2.24) is 15.5 Å². The summed E-state index contributed by atoms with van der Waals surface area (Å²) >= 11 is 0. The molecule has 1 aliphatic heterocycles. The van der Waals surface area contributed by atoms with Crippen molar-refractivity contribution < 1.29 is 9.90 Å². The van der Waals surface area contributed by atoms with Gasteiger partial charge in [-0.3, -0.25) is 4.90 Å². The highest BCUT2D eigenvalue weighted by atomic mass is 16.3. The van der Waals surface area contributed by atoms with Gasteiger partial charge in [0, 0.05) is 31.7 Å². The van der Waals surface area contributed by atoms with Crippen LogP contribution in [0, 0.1) is 0 Å². The average molecular weight is 333 g/mol. The minimum Gasteiger partial charge on any atom is -0.393 e. The van der Waals surface area contributed by atoms with E-state index in [0.29, 0.717) is 6.54 Å². The Morgan fingerprint density at radius 1 is 1.25 bits per heavy atom. The maximum Gasteiger partial charge on any atom is 0.315 e. The molecule has 0 aromatic heterocycles. The number of carbonyl (C=O) groups excluding carboxylic acids is 1. The van der Waals surface area contributed by atoms with Gasteiger partial charge in [-0.1, -0.05) is 31.2 Å². The third kappa shape index (κ3) is 5.80. The molecule has 134 valence electrons. The Kier molecular flexibility index (Phi) is 6.63. The van der Waals surface area contributed by atoms with E-state index in [9.17, 15) is 9.90 Å². The predicted octanol–water partition coefficient (Wildman–Crippen LogP) is 2.63. The van der Waals surface area contributed by atoms with Gasteiger partial charge in [0.2, 0.25) is 0 Å². The average Bonchev–Trinajstić information content (AvgIpc) is 2.56. The van der Waals surface area contributed by atoms with Crippen LogP contribution in [0.25, 0.3) is 0 Å². The van der Waals surface area contributed by atoms with E-state index in [-0.39, 0.29) is 17.7 Å². The highest BCUT2D eigenvalue weighted by Gasteiger charge is 2.19. The monoisotopic (exact) mass is 333 g/mol. The number of amides is 2. The molecule has 2 amide bonds. The van der Waals surface area contributed by atoms with Crippen LogP contribution in [-0.4, -0.2) is 40.8 Å². The molecule has 1 heterocycles. The normalized spacial score (nSPS) is 16.8. The van der Waals surface area contributed by atoms with Gasteiger partial charge in [-0.2, -0.15) is 0 Å². The van der Waals surface area contributed by atoms with Crippen LogP contribution in [0.5, 0.6) is 0 Å². The highest BCUT2D eigenvalue weighted by Crippen LogP contribution is 2.16. The summed E-state index contributed by atoms with van der Waals surface area (Å²) in [5, 5.41) is 15.6. The van der Waals surface area contributed by atoms with Crippen LogP contribution in [0.4, 0.5) is 4.79 Å². The van der Waals surface area contributed by atoms with Crippen molar-refractivity contribution in [3.05, 3.63) is 35.4 Å². The number of likely N-dealkylation sites (tertiary alicyclic amines) is 1. The van der Waals surface area contributed by atoms with Gasteiger partial charge < -0.3 is 15.7 Å². The van der Waals surface area contributed by atoms with Crippen LogP contribution in [0.15, 0.2) is 24.3 Å². The summed E-state index contributed by atoms with van der Waals surface area (Å²) in [5.74, 6) is 0. The van der Waals surface area contributed by atoms with Crippen molar-refractivity contribution >= 4 is 6.03 Å². The van der Waals surface area contributed by atoms with E-state index in [2.05, 4.69) is 34.6 Å². The van der Waals surface area contributed by atoms with Gasteiger partial charge in [-0.25, -0.2) is 4.79 Å². The summed E-state index contributed by atoms with van der Waals surface area (Å²) < 4.78 is 0. The zero-order chi connectivity index (χ0) is 17.6. The van der Waals surface area contributed by atoms with Crippen LogP contribution in [0.1, 0.15) is 51.2 Å². The summed E-state index contributed by atoms with van der Waals surface area (Å²) in [7, 11) is 0. The van der Waals surface area contributed by atoms with Crippen LogP contribution in [0.3, 0.4) is 0 Å². The second-order valence-corrected chi connectivity index (χ2v) is 7.32. The van der Waals surface area contributed by atoms with E-state index in [1.807, 2.05) is 26.0 Å². The zero-order valence-electron chi connectivity index (χ0n) is 15.1. The smallest absolute Gasteiger partial charge is 0.315 e. The van der Waals surface area contributed by atoms with Gasteiger partial charge in [0.25, 0.3) is 0 Å². The first-order valence-corrected chi connectivity index (χ1v) is 8.93. The van der Waals surface area contributed by atoms with Crippen molar-refractivity contribution in [2.24, 2.45) is 0 Å². The maximum absolute atomic E-state index is 12.1. The fourth-order valence-electron chi connectivity index (χ4n) is 2.82. The van der Waals surface area contributed by atoms with Crippen LogP contribution in [-0.2, 0) is 13.1 Å². The highest BCUT2D eigenvalue weighted by molar-refractivity contribution is 5.74. The summed E-state index contributed by atoms with van der Waals surface area (Å²) in [6.07, 6.45) is 2.42. The van der Waals surface area contributed by atoms with E-state index in [1.165, 1.54) is 5.56 Å². The molecule has 0 radical (unpaired) electrons. The second kappa shape index (κ2) is 8.49. The fourth-order valence-corrected chi connectivity index (χ4v) is 2.82. The Hall–Kier alpha value is -1.59. The number of benzene rings is 1. The third-order valence-corrected chi connectivity index (χ3v) is 4.84. The molecule has 3 N–H and O–H groups in total. The van der Waals surface area contributed by atoms with Crippen molar-refractivity contribution in [1.29, 1.82) is 0 Å². The lowest BCUT2D eigenvalue weighted by Gasteiger charge is -2.30. The molecule has 24 heavy (non-hydrogen) atoms. The van der Waals surface area contributed by atoms with Crippen molar-refractivity contribution in [2.75, 3.05) is 13.1 Å². The van der Waals surface area contributed by atoms with Crippen LogP contribution < -0.4 is 10.6 Å². The molecule has 0 unspecified atom stereocenters. The van der Waals surface area contributed by atoms with Gasteiger partial charge in [-0.05, 0) is 44.2 Å². The van der Waals surface area contributed by atoms with Crippen molar-refractivity contribution in [3.63, 3.8) is 0 Å². The van der Waals surface area contributed by atoms with Crippen LogP contribution >= 0.6 is 0 Å². The number of aliphatic hydroxyl groups is 1. The number of hydrogen-bond donors (Lipinski definition) is 3. The van der Waals surface area contributed by atoms with Gasteiger partial charge in [0.1, 0.15) is 0 Å². The van der Waals surface area contributed by atoms with E-state index >= 15 is 0 Å². The molecule has 1 aromatic carbocycles. The molecule has 1 fully saturated rings. The summed E-state index contributed by atoms with van der Waals surface area (Å²) in [6, 6.07) is 8.11. The van der Waals surface area contributed by atoms with E-state index in [0.717, 1.165) is 44.5 Å². The van der Waals surface area contributed by atoms with Gasteiger partial charge in [-0.15, -0.1) is 0 Å². The molecule has 0 spiro atoms. The zero-order valence-corrected chi connectivity index (χ0v) is 15.1. The molecule has 0 saturated carbocycles. The lowest BCUT2D eigenvalue weighted by atomic mass is 10.0. The molecule has 0 aliphatic carbocycles. The number of rotatable bonds is 6. The molecule has 0 atom stereocenters. The Bertz CT molecular complexity index is 537. The number of urea groups is 1. The molecule has 0 bridgehead atoms. The summed E-state index contributed by atoms with van der Waals surface area (Å²) in [4.78, 5) is 14.4. The van der Waals surface area contributed by atoms with Gasteiger partial charge >= 0.3 is 6.03 Å². The molecular weight excluding hydrogens is 302 g/mol. The molecular formula is C19H31N3O2. The second-order valence-electron chi connectivity index (χ2n) is 7.32. The lowest BCUT2D eigenvalue weighted by molar-refractivity contribution is 0.0791. The molecule has 5 heteroatoms. The lowest BCUT2D eigenvalue weighted by Crippen LogP contribution is -2.47. The Balaban J connectivity index is 1.90. The maximum atomic E-state index is 12.1. The summed E-state index contributed by atoms with van der Waals surface area (Å²) in [6.45, 7) is 9.34. The van der Waals surface area contributed by atoms with Crippen LogP contribution in [0.2, 0.25) is 0 Å². The topological polar surface area (TPSA) is 64.6 Å². The number of nitrogens with zero attached hydrogens (tertiary/aromatic N) is 1. The number of carbonyl (C=O) groups is 1. The van der Waals surface area contributed by atoms with E-state index < -0.39 is 0 Å². The number of aliphatic hydroxyl groups excluding tert-OH is 1. The van der Waals surface area contributed by atoms with Gasteiger partial charge in [0.15, 0.2) is 0 Å². The molecule has 1 saturated heterocycles. The molecule has 1 aromatic rings. The first-order chi connectivity index (χ1) is 11.4. The molecule has 2 rings (SSSR count). The predicted molar refractivity (Wildman–Crippen MR) is 96.7 cm³/mol.